The molecule has 0 spiro atoms. The van der Waals surface area contributed by atoms with Crippen molar-refractivity contribution in [1.29, 1.82) is 0 Å². The highest BCUT2D eigenvalue weighted by Crippen LogP contribution is 2.20. The van der Waals surface area contributed by atoms with Crippen molar-refractivity contribution < 1.29 is 5.11 Å². The predicted octanol–water partition coefficient (Wildman–Crippen LogP) is 4.22. The lowest BCUT2D eigenvalue weighted by Crippen LogP contribution is -2.11. The number of hydrazone groups is 1. The standard InChI is InChI=1S/C21H19ClN8O/c1-13-10-14(2)30(29-13)21-26-19(24-17-6-4-3-5-7-17)25-20(27-21)28-23-12-15-11-16(22)8-9-18(15)31/h3-12,31H,1-2H3,(H2,24,25,26,27,28). The quantitative estimate of drug-likeness (QED) is 0.307. The molecule has 0 radical (unpaired) electrons. The number of rotatable bonds is 6. The molecule has 0 aliphatic carbocycles. The summed E-state index contributed by atoms with van der Waals surface area (Å²) in [6, 6.07) is 16.2. The molecule has 3 N–H and O–H groups in total. The summed E-state index contributed by atoms with van der Waals surface area (Å²) in [5.41, 5.74) is 5.78. The highest BCUT2D eigenvalue weighted by atomic mass is 35.5. The van der Waals surface area contributed by atoms with Gasteiger partial charge in [0.2, 0.25) is 11.9 Å². The van der Waals surface area contributed by atoms with E-state index in [1.54, 1.807) is 16.8 Å². The minimum absolute atomic E-state index is 0.0559. The van der Waals surface area contributed by atoms with E-state index in [9.17, 15) is 5.11 Å². The lowest BCUT2D eigenvalue weighted by Gasteiger charge is -2.09. The molecule has 0 aliphatic heterocycles. The number of hydrogen-bond acceptors (Lipinski definition) is 8. The van der Waals surface area contributed by atoms with Crippen LogP contribution in [0.5, 0.6) is 5.75 Å². The number of para-hydroxylation sites is 1. The number of aryl methyl sites for hydroxylation is 2. The molecule has 0 amide bonds. The van der Waals surface area contributed by atoms with E-state index in [0.717, 1.165) is 17.1 Å². The first-order valence-electron chi connectivity index (χ1n) is 9.37. The van der Waals surface area contributed by atoms with Gasteiger partial charge in [0.05, 0.1) is 11.9 Å². The van der Waals surface area contributed by atoms with E-state index in [4.69, 9.17) is 11.6 Å². The van der Waals surface area contributed by atoms with Crippen molar-refractivity contribution in [1.82, 2.24) is 24.7 Å². The molecule has 0 bridgehead atoms. The first-order valence-corrected chi connectivity index (χ1v) is 9.75. The Hall–Kier alpha value is -3.98. The maximum absolute atomic E-state index is 9.93. The van der Waals surface area contributed by atoms with Gasteiger partial charge in [0.15, 0.2) is 0 Å². The fourth-order valence-corrected chi connectivity index (χ4v) is 3.02. The zero-order chi connectivity index (χ0) is 21.8. The van der Waals surface area contributed by atoms with Crippen molar-refractivity contribution in [2.45, 2.75) is 13.8 Å². The molecule has 4 rings (SSSR count). The minimum Gasteiger partial charge on any atom is -0.507 e. The highest BCUT2D eigenvalue weighted by molar-refractivity contribution is 6.30. The van der Waals surface area contributed by atoms with Crippen LogP contribution in [0.1, 0.15) is 17.0 Å². The van der Waals surface area contributed by atoms with Crippen LogP contribution in [0.4, 0.5) is 17.6 Å². The lowest BCUT2D eigenvalue weighted by atomic mass is 10.2. The third kappa shape index (κ3) is 4.96. The van der Waals surface area contributed by atoms with Crippen LogP contribution in [0.15, 0.2) is 59.7 Å². The van der Waals surface area contributed by atoms with Crippen LogP contribution in [0.2, 0.25) is 5.02 Å². The van der Waals surface area contributed by atoms with Crippen LogP contribution in [0.3, 0.4) is 0 Å². The predicted molar refractivity (Wildman–Crippen MR) is 120 cm³/mol. The summed E-state index contributed by atoms with van der Waals surface area (Å²) in [4.78, 5) is 13.3. The van der Waals surface area contributed by atoms with E-state index >= 15 is 0 Å². The van der Waals surface area contributed by atoms with Crippen LogP contribution in [-0.2, 0) is 0 Å². The van der Waals surface area contributed by atoms with Crippen molar-refractivity contribution >= 4 is 35.4 Å². The summed E-state index contributed by atoms with van der Waals surface area (Å²) < 4.78 is 1.63. The maximum Gasteiger partial charge on any atom is 0.257 e. The van der Waals surface area contributed by atoms with Gasteiger partial charge in [0, 0.05) is 22.0 Å². The molecule has 0 saturated heterocycles. The Morgan fingerprint density at radius 1 is 1.00 bits per heavy atom. The van der Waals surface area contributed by atoms with Gasteiger partial charge in [0.25, 0.3) is 5.95 Å². The van der Waals surface area contributed by atoms with Crippen LogP contribution in [0.25, 0.3) is 5.95 Å². The van der Waals surface area contributed by atoms with Crippen LogP contribution in [-0.4, -0.2) is 36.1 Å². The molecule has 156 valence electrons. The molecule has 0 unspecified atom stereocenters. The Kier molecular flexibility index (Phi) is 5.76. The zero-order valence-electron chi connectivity index (χ0n) is 16.8. The van der Waals surface area contributed by atoms with Crippen molar-refractivity contribution in [3.63, 3.8) is 0 Å². The van der Waals surface area contributed by atoms with Gasteiger partial charge in [-0.25, -0.2) is 10.1 Å². The van der Waals surface area contributed by atoms with Crippen LogP contribution >= 0.6 is 11.6 Å². The van der Waals surface area contributed by atoms with Crippen molar-refractivity contribution in [2.24, 2.45) is 5.10 Å². The Morgan fingerprint density at radius 3 is 2.52 bits per heavy atom. The topological polar surface area (TPSA) is 113 Å². The Balaban J connectivity index is 1.66. The number of nitrogens with one attached hydrogen (secondary N) is 2. The second-order valence-corrected chi connectivity index (χ2v) is 7.12. The summed E-state index contributed by atoms with van der Waals surface area (Å²) in [5.74, 6) is 0.920. The average molecular weight is 435 g/mol. The van der Waals surface area contributed by atoms with E-state index in [1.165, 1.54) is 12.3 Å². The molecule has 4 aromatic rings. The molecule has 2 aromatic heterocycles. The van der Waals surface area contributed by atoms with E-state index < -0.39 is 0 Å². The first kappa shape index (κ1) is 20.3. The number of benzene rings is 2. The molecule has 9 nitrogen and oxygen atoms in total. The van der Waals surface area contributed by atoms with Crippen LogP contribution in [0, 0.1) is 13.8 Å². The van der Waals surface area contributed by atoms with E-state index in [0.29, 0.717) is 22.5 Å². The SMILES string of the molecule is Cc1cc(C)n(-c2nc(NN=Cc3cc(Cl)ccc3O)nc(Nc3ccccc3)n2)n1. The molecule has 0 atom stereocenters. The van der Waals surface area contributed by atoms with Crippen molar-refractivity contribution in [3.8, 4) is 11.7 Å². The van der Waals surface area contributed by atoms with Gasteiger partial charge in [-0.15, -0.1) is 0 Å². The van der Waals surface area contributed by atoms with E-state index in [1.807, 2.05) is 50.2 Å². The highest BCUT2D eigenvalue weighted by Gasteiger charge is 2.12. The average Bonchev–Trinajstić information content (AvgIpc) is 3.09. The number of aromatic hydroxyl groups is 1. The monoisotopic (exact) mass is 434 g/mol. The molecular formula is C21H19ClN8O. The molecule has 2 aromatic carbocycles. The summed E-state index contributed by atoms with van der Waals surface area (Å²) in [5, 5.41) is 22.1. The van der Waals surface area contributed by atoms with E-state index in [-0.39, 0.29) is 11.7 Å². The Bertz CT molecular complexity index is 1240. The number of hydrogen-bond donors (Lipinski definition) is 3. The van der Waals surface area contributed by atoms with Gasteiger partial charge in [-0.05, 0) is 50.2 Å². The number of aromatic nitrogens is 5. The number of phenolic OH excluding ortho intramolecular Hbond substituents is 1. The maximum atomic E-state index is 9.93. The van der Waals surface area contributed by atoms with Gasteiger partial charge < -0.3 is 10.4 Å². The van der Waals surface area contributed by atoms with Gasteiger partial charge in [-0.3, -0.25) is 0 Å². The Labute approximate surface area is 183 Å². The fraction of sp³-hybridized carbons (Fsp3) is 0.0952. The lowest BCUT2D eigenvalue weighted by molar-refractivity contribution is 0.474. The molecule has 31 heavy (non-hydrogen) atoms. The minimum atomic E-state index is 0.0559. The van der Waals surface area contributed by atoms with Crippen molar-refractivity contribution in [3.05, 3.63) is 76.6 Å². The van der Waals surface area contributed by atoms with Gasteiger partial charge >= 0.3 is 0 Å². The Morgan fingerprint density at radius 2 is 1.77 bits per heavy atom. The number of halogens is 1. The third-order valence-corrected chi connectivity index (χ3v) is 4.45. The summed E-state index contributed by atoms with van der Waals surface area (Å²) in [7, 11) is 0. The molecule has 0 saturated carbocycles. The normalized spacial score (nSPS) is 11.1. The number of anilines is 3. The number of nitrogens with zero attached hydrogens (tertiary/aromatic N) is 6. The summed E-state index contributed by atoms with van der Waals surface area (Å²) in [6.45, 7) is 3.82. The second kappa shape index (κ2) is 8.80. The second-order valence-electron chi connectivity index (χ2n) is 6.69. The molecule has 0 fully saturated rings. The van der Waals surface area contributed by atoms with Crippen molar-refractivity contribution in [2.75, 3.05) is 10.7 Å². The summed E-state index contributed by atoms with van der Waals surface area (Å²) in [6.07, 6.45) is 1.43. The van der Waals surface area contributed by atoms with Crippen LogP contribution < -0.4 is 10.7 Å². The smallest absolute Gasteiger partial charge is 0.257 e. The molecular weight excluding hydrogens is 416 g/mol. The fourth-order valence-electron chi connectivity index (χ4n) is 2.84. The van der Waals surface area contributed by atoms with E-state index in [2.05, 4.69) is 35.9 Å². The largest absolute Gasteiger partial charge is 0.507 e. The first-order chi connectivity index (χ1) is 15.0. The third-order valence-electron chi connectivity index (χ3n) is 4.21. The van der Waals surface area contributed by atoms with Gasteiger partial charge in [0.1, 0.15) is 5.75 Å². The summed E-state index contributed by atoms with van der Waals surface area (Å²) >= 11 is 5.97. The van der Waals surface area contributed by atoms with Gasteiger partial charge in [-0.1, -0.05) is 29.8 Å². The number of phenols is 1. The molecule has 0 aliphatic rings. The molecule has 2 heterocycles. The zero-order valence-corrected chi connectivity index (χ0v) is 17.5. The molecule has 10 heteroatoms. The van der Waals surface area contributed by atoms with Gasteiger partial charge in [-0.2, -0.15) is 25.2 Å².